The van der Waals surface area contributed by atoms with E-state index in [-0.39, 0.29) is 0 Å². The van der Waals surface area contributed by atoms with Gasteiger partial charge in [0.1, 0.15) is 11.6 Å². The van der Waals surface area contributed by atoms with E-state index in [4.69, 9.17) is 4.98 Å². The zero-order valence-corrected chi connectivity index (χ0v) is 15.7. The maximum absolute atomic E-state index is 4.83. The van der Waals surface area contributed by atoms with Crippen molar-refractivity contribution in [1.82, 2.24) is 20.3 Å². The van der Waals surface area contributed by atoms with E-state index in [0.717, 1.165) is 50.8 Å². The normalized spacial score (nSPS) is 20.1. The highest BCUT2D eigenvalue weighted by Gasteiger charge is 2.30. The van der Waals surface area contributed by atoms with Gasteiger partial charge in [0.05, 0.1) is 11.9 Å². The third-order valence-electron chi connectivity index (χ3n) is 5.97. The Morgan fingerprint density at radius 3 is 2.63 bits per heavy atom. The number of rotatable bonds is 4. The molecule has 2 aromatic rings. The van der Waals surface area contributed by atoms with Crippen molar-refractivity contribution in [2.45, 2.75) is 38.1 Å². The first-order chi connectivity index (χ1) is 13.4. The number of piperazine rings is 1. The monoisotopic (exact) mass is 365 g/mol. The number of anilines is 4. The number of nitrogens with zero attached hydrogens (tertiary/aromatic N) is 5. The molecule has 0 unspecified atom stereocenters. The third kappa shape index (κ3) is 3.43. The second kappa shape index (κ2) is 7.31. The van der Waals surface area contributed by atoms with Crippen molar-refractivity contribution in [2.75, 3.05) is 47.8 Å². The van der Waals surface area contributed by atoms with Gasteiger partial charge in [0.25, 0.3) is 0 Å². The lowest BCUT2D eigenvalue weighted by molar-refractivity contribution is 0.589. The fourth-order valence-corrected chi connectivity index (χ4v) is 4.49. The van der Waals surface area contributed by atoms with Gasteiger partial charge in [0, 0.05) is 50.5 Å². The molecule has 0 radical (unpaired) electrons. The van der Waals surface area contributed by atoms with E-state index in [1.807, 2.05) is 18.5 Å². The molecule has 2 fully saturated rings. The second-order valence-corrected chi connectivity index (χ2v) is 7.69. The van der Waals surface area contributed by atoms with E-state index >= 15 is 0 Å². The van der Waals surface area contributed by atoms with Crippen LogP contribution in [0.1, 0.15) is 31.2 Å². The Morgan fingerprint density at radius 1 is 1.00 bits per heavy atom. The van der Waals surface area contributed by atoms with Crippen LogP contribution in [0.2, 0.25) is 0 Å². The Kier molecular flexibility index (Phi) is 4.53. The fraction of sp³-hybridized carbons (Fsp3) is 0.550. The fourth-order valence-electron chi connectivity index (χ4n) is 4.49. The van der Waals surface area contributed by atoms with Crippen LogP contribution >= 0.6 is 0 Å². The molecule has 1 saturated carbocycles. The molecule has 7 heteroatoms. The molecule has 4 heterocycles. The molecule has 27 heavy (non-hydrogen) atoms. The van der Waals surface area contributed by atoms with Gasteiger partial charge in [-0.15, -0.1) is 0 Å². The molecule has 2 aliphatic heterocycles. The molecule has 0 amide bonds. The summed E-state index contributed by atoms with van der Waals surface area (Å²) in [7, 11) is 0. The summed E-state index contributed by atoms with van der Waals surface area (Å²) in [6, 6.07) is 4.80. The summed E-state index contributed by atoms with van der Waals surface area (Å²) in [5.74, 6) is 2.55. The summed E-state index contributed by atoms with van der Waals surface area (Å²) in [4.78, 5) is 18.8. The Balaban J connectivity index is 1.30. The largest absolute Gasteiger partial charge is 0.368 e. The van der Waals surface area contributed by atoms with Gasteiger partial charge in [-0.05, 0) is 31.4 Å². The summed E-state index contributed by atoms with van der Waals surface area (Å²) in [5, 5.41) is 6.66. The standard InChI is InChI=1S/C20H27N7/c1-2-4-16(3-1)27-10-7-15-13-23-20(25-19(15)27)24-18-6-5-17(14-22-18)26-11-8-21-9-12-26/h5-6,13-14,16,21H,1-4,7-12H2,(H,22,23,24,25). The van der Waals surface area contributed by atoms with Crippen LogP contribution in [0.5, 0.6) is 0 Å². The van der Waals surface area contributed by atoms with Gasteiger partial charge < -0.3 is 20.4 Å². The maximum atomic E-state index is 4.83. The molecule has 2 N–H and O–H groups in total. The van der Waals surface area contributed by atoms with Crippen LogP contribution in [0.25, 0.3) is 0 Å². The topological polar surface area (TPSA) is 69.2 Å². The molecular formula is C20H27N7. The molecule has 3 aliphatic rings. The molecule has 1 aliphatic carbocycles. The quantitative estimate of drug-likeness (QED) is 0.862. The SMILES string of the molecule is c1cc(Nc2ncc3c(n2)N(C2CCCC2)CC3)ncc1N1CCNCC1. The highest BCUT2D eigenvalue weighted by Crippen LogP contribution is 2.34. The molecular weight excluding hydrogens is 338 g/mol. The van der Waals surface area contributed by atoms with Crippen molar-refractivity contribution in [3.05, 3.63) is 30.1 Å². The summed E-state index contributed by atoms with van der Waals surface area (Å²) in [6.07, 6.45) is 10.2. The molecule has 0 spiro atoms. The van der Waals surface area contributed by atoms with Gasteiger partial charge >= 0.3 is 0 Å². The van der Waals surface area contributed by atoms with Crippen LogP contribution in [0.15, 0.2) is 24.5 Å². The van der Waals surface area contributed by atoms with E-state index in [9.17, 15) is 0 Å². The van der Waals surface area contributed by atoms with E-state index < -0.39 is 0 Å². The van der Waals surface area contributed by atoms with E-state index in [0.29, 0.717) is 12.0 Å². The first kappa shape index (κ1) is 16.7. The minimum absolute atomic E-state index is 0.640. The summed E-state index contributed by atoms with van der Waals surface area (Å²) >= 11 is 0. The predicted molar refractivity (Wildman–Crippen MR) is 108 cm³/mol. The van der Waals surface area contributed by atoms with Crippen LogP contribution in [-0.4, -0.2) is 53.7 Å². The van der Waals surface area contributed by atoms with Crippen molar-refractivity contribution in [1.29, 1.82) is 0 Å². The van der Waals surface area contributed by atoms with Gasteiger partial charge in [0.2, 0.25) is 5.95 Å². The Morgan fingerprint density at radius 2 is 1.85 bits per heavy atom. The predicted octanol–water partition coefficient (Wildman–Crippen LogP) is 2.33. The molecule has 0 atom stereocenters. The molecule has 5 rings (SSSR count). The summed E-state index contributed by atoms with van der Waals surface area (Å²) < 4.78 is 0. The van der Waals surface area contributed by atoms with Crippen molar-refractivity contribution in [3.63, 3.8) is 0 Å². The highest BCUT2D eigenvalue weighted by atomic mass is 15.3. The number of fused-ring (bicyclic) bond motifs is 1. The van der Waals surface area contributed by atoms with Gasteiger partial charge in [-0.1, -0.05) is 12.8 Å². The van der Waals surface area contributed by atoms with Crippen LogP contribution in [0.3, 0.4) is 0 Å². The lowest BCUT2D eigenvalue weighted by Gasteiger charge is -2.29. The smallest absolute Gasteiger partial charge is 0.230 e. The first-order valence-electron chi connectivity index (χ1n) is 10.2. The van der Waals surface area contributed by atoms with Crippen molar-refractivity contribution < 1.29 is 0 Å². The average molecular weight is 365 g/mol. The third-order valence-corrected chi connectivity index (χ3v) is 5.97. The number of pyridine rings is 1. The molecule has 142 valence electrons. The number of nitrogens with one attached hydrogen (secondary N) is 2. The second-order valence-electron chi connectivity index (χ2n) is 7.69. The molecule has 0 bridgehead atoms. The number of hydrogen-bond acceptors (Lipinski definition) is 7. The first-order valence-corrected chi connectivity index (χ1v) is 10.2. The Bertz CT molecular complexity index is 779. The highest BCUT2D eigenvalue weighted by molar-refractivity contribution is 5.59. The van der Waals surface area contributed by atoms with Crippen LogP contribution in [0, 0.1) is 0 Å². The molecule has 7 nitrogen and oxygen atoms in total. The Labute approximate surface area is 160 Å². The molecule has 1 saturated heterocycles. The van der Waals surface area contributed by atoms with E-state index in [1.165, 1.54) is 36.9 Å². The maximum Gasteiger partial charge on any atom is 0.230 e. The Hall–Kier alpha value is -2.41. The van der Waals surface area contributed by atoms with Crippen molar-refractivity contribution in [3.8, 4) is 0 Å². The molecule has 0 aromatic carbocycles. The summed E-state index contributed by atoms with van der Waals surface area (Å²) in [6.45, 7) is 5.19. The van der Waals surface area contributed by atoms with Crippen molar-refractivity contribution in [2.24, 2.45) is 0 Å². The average Bonchev–Trinajstić information content (AvgIpc) is 3.38. The summed E-state index contributed by atoms with van der Waals surface area (Å²) in [5.41, 5.74) is 2.44. The van der Waals surface area contributed by atoms with Gasteiger partial charge in [-0.3, -0.25) is 0 Å². The van der Waals surface area contributed by atoms with Crippen LogP contribution in [0.4, 0.5) is 23.3 Å². The molecule has 2 aromatic heterocycles. The van der Waals surface area contributed by atoms with Gasteiger partial charge in [-0.2, -0.15) is 4.98 Å². The minimum Gasteiger partial charge on any atom is -0.368 e. The lowest BCUT2D eigenvalue weighted by Crippen LogP contribution is -2.43. The zero-order chi connectivity index (χ0) is 18.1. The number of hydrogen-bond donors (Lipinski definition) is 2. The van der Waals surface area contributed by atoms with Gasteiger partial charge in [-0.25, -0.2) is 9.97 Å². The van der Waals surface area contributed by atoms with Crippen LogP contribution < -0.4 is 20.4 Å². The van der Waals surface area contributed by atoms with E-state index in [1.54, 1.807) is 0 Å². The van der Waals surface area contributed by atoms with E-state index in [2.05, 4.69) is 36.5 Å². The minimum atomic E-state index is 0.640. The van der Waals surface area contributed by atoms with Gasteiger partial charge in [0.15, 0.2) is 0 Å². The zero-order valence-electron chi connectivity index (χ0n) is 15.7. The van der Waals surface area contributed by atoms with Crippen molar-refractivity contribution >= 4 is 23.3 Å². The number of aromatic nitrogens is 3. The lowest BCUT2D eigenvalue weighted by atomic mass is 10.2. The van der Waals surface area contributed by atoms with Crippen LogP contribution in [-0.2, 0) is 6.42 Å².